The first kappa shape index (κ1) is 35.4. The normalized spacial score (nSPS) is 12.6. The molecule has 16 heteroatoms. The average molecular weight is 686 g/mol. The molecule has 1 aromatic heterocycles. The number of hydrogen-bond donors (Lipinski definition) is 3. The second-order valence-corrected chi connectivity index (χ2v) is 11.1. The lowest BCUT2D eigenvalue weighted by Crippen LogP contribution is -2.32. The highest BCUT2D eigenvalue weighted by Crippen LogP contribution is 2.35. The largest absolute Gasteiger partial charge is 0.496 e. The monoisotopic (exact) mass is 685 g/mol. The fraction of sp³-hybridized carbons (Fsp3) is 0.323. The Balaban J connectivity index is 1.37. The Kier molecular flexibility index (Phi) is 11.7. The van der Waals surface area contributed by atoms with E-state index in [2.05, 4.69) is 20.4 Å². The van der Waals surface area contributed by atoms with E-state index in [0.29, 0.717) is 24.3 Å². The molecule has 0 saturated heterocycles. The van der Waals surface area contributed by atoms with Gasteiger partial charge in [0.2, 0.25) is 0 Å². The van der Waals surface area contributed by atoms with E-state index >= 15 is 0 Å². The highest BCUT2D eigenvalue weighted by atomic mass is 32.1. The number of rotatable bonds is 14. The van der Waals surface area contributed by atoms with Crippen molar-refractivity contribution >= 4 is 33.5 Å². The van der Waals surface area contributed by atoms with Crippen molar-refractivity contribution in [1.82, 2.24) is 15.6 Å². The predicted molar refractivity (Wildman–Crippen MR) is 160 cm³/mol. The van der Waals surface area contributed by atoms with E-state index < -0.39 is 41.0 Å². The molecule has 4 aromatic rings. The van der Waals surface area contributed by atoms with Gasteiger partial charge in [-0.2, -0.15) is 26.3 Å². The van der Waals surface area contributed by atoms with Gasteiger partial charge in [0.25, 0.3) is 0 Å². The van der Waals surface area contributed by atoms with E-state index in [1.807, 2.05) is 48.5 Å². The second kappa shape index (κ2) is 15.5. The minimum absolute atomic E-state index is 0.109. The maximum atomic E-state index is 13.1. The van der Waals surface area contributed by atoms with Crippen LogP contribution in [0.3, 0.4) is 0 Å². The Morgan fingerprint density at radius 1 is 0.830 bits per heavy atom. The number of thiazole rings is 1. The quantitative estimate of drug-likeness (QED) is 0.0702. The molecule has 0 bridgehead atoms. The van der Waals surface area contributed by atoms with Crippen molar-refractivity contribution in [3.63, 3.8) is 0 Å². The van der Waals surface area contributed by atoms with Gasteiger partial charge in [-0.25, -0.2) is 9.59 Å². The molecule has 0 amide bonds. The van der Waals surface area contributed by atoms with Crippen molar-refractivity contribution in [2.75, 3.05) is 26.7 Å². The molecule has 0 fully saturated rings. The lowest BCUT2D eigenvalue weighted by molar-refractivity contribution is -0.205. The Labute approximate surface area is 267 Å². The van der Waals surface area contributed by atoms with E-state index in [1.165, 1.54) is 0 Å². The summed E-state index contributed by atoms with van der Waals surface area (Å²) >= 11 is 0.440. The summed E-state index contributed by atoms with van der Waals surface area (Å²) in [4.78, 5) is 36.6. The van der Waals surface area contributed by atoms with Gasteiger partial charge < -0.3 is 29.8 Å². The maximum Gasteiger partial charge on any atom is 0.491 e. The molecule has 0 saturated carbocycles. The third-order valence-corrected chi connectivity index (χ3v) is 7.80. The van der Waals surface area contributed by atoms with Crippen LogP contribution in [0.15, 0.2) is 65.5 Å². The molecule has 4 rings (SSSR count). The van der Waals surface area contributed by atoms with Crippen LogP contribution in [0.4, 0.5) is 26.3 Å². The molecule has 252 valence electrons. The van der Waals surface area contributed by atoms with Gasteiger partial charge in [0.05, 0.1) is 11.8 Å². The van der Waals surface area contributed by atoms with E-state index in [9.17, 15) is 40.7 Å². The molecule has 47 heavy (non-hydrogen) atoms. The summed E-state index contributed by atoms with van der Waals surface area (Å²) in [7, 11) is 1.63. The van der Waals surface area contributed by atoms with Gasteiger partial charge >= 0.3 is 29.2 Å². The number of H-pyrrole nitrogens is 1. The molecule has 3 aromatic carbocycles. The molecule has 0 aliphatic carbocycles. The van der Waals surface area contributed by atoms with Crippen molar-refractivity contribution in [3.05, 3.63) is 92.6 Å². The molecular weight excluding hydrogens is 656 g/mol. The van der Waals surface area contributed by atoms with Crippen LogP contribution in [0.2, 0.25) is 0 Å². The first-order chi connectivity index (χ1) is 22.3. The van der Waals surface area contributed by atoms with Crippen LogP contribution in [-0.2, 0) is 33.7 Å². The summed E-state index contributed by atoms with van der Waals surface area (Å²) in [6.07, 6.45) is -11.0. The number of carbonyl (C=O) groups excluding carboxylic acids is 2. The number of fused-ring (bicyclic) bond motifs is 1. The Morgan fingerprint density at radius 2 is 1.49 bits per heavy atom. The number of hydrogen-bond acceptors (Lipinski definition) is 9. The molecule has 0 radical (unpaired) electrons. The summed E-state index contributed by atoms with van der Waals surface area (Å²) in [5.74, 6) is -4.90. The molecule has 0 aliphatic rings. The number of carbonyl (C=O) groups is 2. The number of ether oxygens (including phenoxy) is 3. The maximum absolute atomic E-state index is 13.1. The number of aromatic nitrogens is 1. The van der Waals surface area contributed by atoms with Gasteiger partial charge in [0, 0.05) is 18.7 Å². The number of esters is 2. The van der Waals surface area contributed by atoms with Crippen molar-refractivity contribution in [3.8, 4) is 11.5 Å². The topological polar surface area (TPSA) is 119 Å². The minimum Gasteiger partial charge on any atom is -0.496 e. The van der Waals surface area contributed by atoms with Gasteiger partial charge in [0.15, 0.2) is 5.75 Å². The predicted octanol–water partition coefficient (Wildman–Crippen LogP) is 5.38. The lowest BCUT2D eigenvalue weighted by atomic mass is 10.1. The number of nitrogens with one attached hydrogen (secondary N) is 3. The number of methoxy groups -OCH3 is 1. The van der Waals surface area contributed by atoms with Gasteiger partial charge in [0.1, 0.15) is 17.4 Å². The number of alkyl halides is 6. The summed E-state index contributed by atoms with van der Waals surface area (Å²) in [5.41, 5.74) is 2.58. The third kappa shape index (κ3) is 9.79. The molecule has 0 aliphatic heterocycles. The van der Waals surface area contributed by atoms with Gasteiger partial charge in [-0.15, -0.1) is 0 Å². The second-order valence-electron chi connectivity index (χ2n) is 10.2. The molecular formula is C31H29F6N3O6S. The van der Waals surface area contributed by atoms with Crippen LogP contribution < -0.4 is 25.0 Å². The van der Waals surface area contributed by atoms with E-state index in [0.717, 1.165) is 47.5 Å². The van der Waals surface area contributed by atoms with Crippen LogP contribution >= 0.6 is 11.3 Å². The molecule has 0 spiro atoms. The van der Waals surface area contributed by atoms with E-state index in [-0.39, 0.29) is 28.9 Å². The SMILES string of the molecule is COc1ccccc1CCNCc1ccc(CCNC[C@H](OC(=O)C(F)(F)F)c2ccc(OC(=O)C(F)(F)F)c3[nH]c(=O)sc23)cc1. The van der Waals surface area contributed by atoms with E-state index in [4.69, 9.17) is 9.47 Å². The zero-order valence-electron chi connectivity index (χ0n) is 24.7. The third-order valence-electron chi connectivity index (χ3n) is 6.87. The molecule has 9 nitrogen and oxygen atoms in total. The van der Waals surface area contributed by atoms with Crippen molar-refractivity contribution in [2.45, 2.75) is 37.8 Å². The number of benzene rings is 3. The zero-order valence-corrected chi connectivity index (χ0v) is 25.5. The fourth-order valence-electron chi connectivity index (χ4n) is 4.59. The molecule has 1 heterocycles. The van der Waals surface area contributed by atoms with Gasteiger partial charge in [-0.1, -0.05) is 53.8 Å². The molecule has 3 N–H and O–H groups in total. The van der Waals surface area contributed by atoms with Crippen LogP contribution in [0.5, 0.6) is 11.5 Å². The number of para-hydroxylation sites is 1. The average Bonchev–Trinajstić information content (AvgIpc) is 3.42. The Bertz CT molecular complexity index is 1740. The zero-order chi connectivity index (χ0) is 34.2. The summed E-state index contributed by atoms with van der Waals surface area (Å²) in [6, 6.07) is 17.4. The van der Waals surface area contributed by atoms with Crippen molar-refractivity contribution in [1.29, 1.82) is 0 Å². The Morgan fingerprint density at radius 3 is 2.17 bits per heavy atom. The molecule has 0 unspecified atom stereocenters. The summed E-state index contributed by atoms with van der Waals surface area (Å²) in [5, 5.41) is 6.30. The first-order valence-electron chi connectivity index (χ1n) is 14.1. The van der Waals surface area contributed by atoms with Crippen molar-refractivity contribution < 1.29 is 50.1 Å². The minimum atomic E-state index is -5.34. The highest BCUT2D eigenvalue weighted by molar-refractivity contribution is 7.16. The Hall–Kier alpha value is -4.41. The van der Waals surface area contributed by atoms with Crippen LogP contribution in [0.25, 0.3) is 10.2 Å². The molecule has 1 atom stereocenters. The standard InChI is InChI=1S/C31H29F6N3O6S/c1-44-22-5-3-2-4-20(22)13-15-38-16-19-8-6-18(7-9-19)12-14-39-17-24(46-28(42)31(35,36)37)21-10-11-23(45-27(41)30(32,33)34)25-26(21)47-29(43)40-25/h2-11,24,38-39H,12-17H2,1H3,(H,40,43)/t24-/m0/s1. The lowest BCUT2D eigenvalue weighted by Gasteiger charge is -2.21. The van der Waals surface area contributed by atoms with E-state index in [1.54, 1.807) is 7.11 Å². The van der Waals surface area contributed by atoms with Gasteiger partial charge in [-0.05, 0) is 60.8 Å². The number of aromatic amines is 1. The first-order valence-corrected chi connectivity index (χ1v) is 14.9. The van der Waals surface area contributed by atoms with Crippen LogP contribution in [-0.4, -0.2) is 56.0 Å². The smallest absolute Gasteiger partial charge is 0.491 e. The highest BCUT2D eigenvalue weighted by Gasteiger charge is 2.43. The summed E-state index contributed by atoms with van der Waals surface area (Å²) in [6.45, 7) is 1.29. The van der Waals surface area contributed by atoms with Gasteiger partial charge in [-0.3, -0.25) is 4.79 Å². The summed E-state index contributed by atoms with van der Waals surface area (Å²) < 4.78 is 91.8. The number of halogens is 6. The van der Waals surface area contributed by atoms with Crippen LogP contribution in [0.1, 0.15) is 28.4 Å². The fourth-order valence-corrected chi connectivity index (χ4v) is 5.50. The van der Waals surface area contributed by atoms with Crippen LogP contribution in [0, 0.1) is 0 Å². The van der Waals surface area contributed by atoms with Crippen molar-refractivity contribution in [2.24, 2.45) is 0 Å².